The van der Waals surface area contributed by atoms with Crippen LogP contribution < -0.4 is 0 Å². The lowest BCUT2D eigenvalue weighted by atomic mass is 10.1. The van der Waals surface area contributed by atoms with Crippen LogP contribution in [-0.4, -0.2) is 31.5 Å². The molecule has 25 heavy (non-hydrogen) atoms. The predicted octanol–water partition coefficient (Wildman–Crippen LogP) is 4.18. The Morgan fingerprint density at radius 1 is 1.16 bits per heavy atom. The molecule has 0 radical (unpaired) electrons. The number of benzene rings is 2. The molecule has 0 saturated carbocycles. The highest BCUT2D eigenvalue weighted by Gasteiger charge is 2.24. The summed E-state index contributed by atoms with van der Waals surface area (Å²) in [7, 11) is -3.42. The number of sulfone groups is 1. The second-order valence-electron chi connectivity index (χ2n) is 6.09. The Balaban J connectivity index is 2.43. The third kappa shape index (κ3) is 4.83. The van der Waals surface area contributed by atoms with Crippen molar-refractivity contribution in [3.63, 3.8) is 0 Å². The first-order valence-corrected chi connectivity index (χ1v) is 10.4. The maximum atomic E-state index is 13.1. The number of amides is 1. The normalized spacial score (nSPS) is 12.6. The average molecular weight is 380 g/mol. The summed E-state index contributed by atoms with van der Waals surface area (Å²) in [5, 5.41) is 0.249. The Bertz CT molecular complexity index is 850. The van der Waals surface area contributed by atoms with E-state index in [-0.39, 0.29) is 27.4 Å². The lowest BCUT2D eigenvalue weighted by Gasteiger charge is -2.29. The molecule has 0 bridgehead atoms. The van der Waals surface area contributed by atoms with Gasteiger partial charge in [0, 0.05) is 18.8 Å². The van der Waals surface area contributed by atoms with Crippen molar-refractivity contribution < 1.29 is 13.2 Å². The van der Waals surface area contributed by atoms with Gasteiger partial charge in [0.2, 0.25) is 0 Å². The third-order valence-corrected chi connectivity index (χ3v) is 5.62. The van der Waals surface area contributed by atoms with Gasteiger partial charge in [0.05, 0.1) is 15.5 Å². The Morgan fingerprint density at radius 3 is 2.36 bits per heavy atom. The van der Waals surface area contributed by atoms with Crippen molar-refractivity contribution in [2.75, 3.05) is 6.26 Å². The van der Waals surface area contributed by atoms with Crippen LogP contribution in [0, 0.1) is 0 Å². The molecule has 0 aromatic heterocycles. The number of hydrogen-bond acceptors (Lipinski definition) is 3. The van der Waals surface area contributed by atoms with Gasteiger partial charge in [0.15, 0.2) is 9.84 Å². The molecule has 2 aromatic rings. The fourth-order valence-electron chi connectivity index (χ4n) is 2.48. The van der Waals surface area contributed by atoms with E-state index in [4.69, 9.17) is 11.6 Å². The number of rotatable bonds is 6. The van der Waals surface area contributed by atoms with Crippen LogP contribution >= 0.6 is 11.6 Å². The standard InChI is InChI=1S/C19H22ClNO3S/c1-4-14(2)21(13-15-8-6-5-7-9-15)19(22)17-12-16(25(3,23)24)10-11-18(17)20/h5-12,14H,4,13H2,1-3H3. The van der Waals surface area contributed by atoms with E-state index in [0.29, 0.717) is 6.54 Å². The molecule has 0 aliphatic rings. The Morgan fingerprint density at radius 2 is 1.80 bits per heavy atom. The van der Waals surface area contributed by atoms with Crippen LogP contribution in [0.2, 0.25) is 5.02 Å². The maximum absolute atomic E-state index is 13.1. The minimum Gasteiger partial charge on any atom is -0.332 e. The molecule has 1 atom stereocenters. The van der Waals surface area contributed by atoms with E-state index in [0.717, 1.165) is 18.2 Å². The molecule has 134 valence electrons. The molecule has 1 unspecified atom stereocenters. The first-order valence-electron chi connectivity index (χ1n) is 8.08. The molecule has 1 amide bonds. The van der Waals surface area contributed by atoms with Crippen LogP contribution in [-0.2, 0) is 16.4 Å². The molecule has 0 N–H and O–H groups in total. The number of carbonyl (C=O) groups excluding carboxylic acids is 1. The summed E-state index contributed by atoms with van der Waals surface area (Å²) in [4.78, 5) is 14.9. The van der Waals surface area contributed by atoms with E-state index < -0.39 is 9.84 Å². The number of nitrogens with zero attached hydrogens (tertiary/aromatic N) is 1. The van der Waals surface area contributed by atoms with Gasteiger partial charge in [-0.25, -0.2) is 8.42 Å². The van der Waals surface area contributed by atoms with E-state index >= 15 is 0 Å². The lowest BCUT2D eigenvalue weighted by Crippen LogP contribution is -2.38. The fraction of sp³-hybridized carbons (Fsp3) is 0.316. The second-order valence-corrected chi connectivity index (χ2v) is 8.51. The highest BCUT2D eigenvalue weighted by Crippen LogP contribution is 2.24. The number of carbonyl (C=O) groups is 1. The van der Waals surface area contributed by atoms with Crippen LogP contribution in [0.15, 0.2) is 53.4 Å². The van der Waals surface area contributed by atoms with E-state index in [1.165, 1.54) is 18.2 Å². The molecule has 0 aliphatic carbocycles. The molecule has 2 rings (SSSR count). The van der Waals surface area contributed by atoms with Crippen LogP contribution in [0.25, 0.3) is 0 Å². The number of halogens is 1. The van der Waals surface area contributed by atoms with E-state index in [2.05, 4.69) is 0 Å². The van der Waals surface area contributed by atoms with E-state index in [9.17, 15) is 13.2 Å². The summed E-state index contributed by atoms with van der Waals surface area (Å²) in [5.74, 6) is -0.270. The van der Waals surface area contributed by atoms with Crippen LogP contribution in [0.4, 0.5) is 0 Å². The van der Waals surface area contributed by atoms with Gasteiger partial charge in [-0.3, -0.25) is 4.79 Å². The van der Waals surface area contributed by atoms with Crippen molar-refractivity contribution in [3.8, 4) is 0 Å². The van der Waals surface area contributed by atoms with Gasteiger partial charge >= 0.3 is 0 Å². The first-order chi connectivity index (χ1) is 11.7. The third-order valence-electron chi connectivity index (χ3n) is 4.18. The van der Waals surface area contributed by atoms with Gasteiger partial charge in [-0.05, 0) is 37.1 Å². The number of hydrogen-bond donors (Lipinski definition) is 0. The quantitative estimate of drug-likeness (QED) is 0.756. The topological polar surface area (TPSA) is 54.5 Å². The monoisotopic (exact) mass is 379 g/mol. The smallest absolute Gasteiger partial charge is 0.255 e. The highest BCUT2D eigenvalue weighted by molar-refractivity contribution is 7.90. The Hall–Kier alpha value is -1.85. The van der Waals surface area contributed by atoms with E-state index in [1.807, 2.05) is 44.2 Å². The van der Waals surface area contributed by atoms with Crippen molar-refractivity contribution in [2.24, 2.45) is 0 Å². The van der Waals surface area contributed by atoms with Gasteiger partial charge in [0.25, 0.3) is 5.91 Å². The summed E-state index contributed by atoms with van der Waals surface area (Å²) >= 11 is 6.19. The molecule has 0 aliphatic heterocycles. The summed E-state index contributed by atoms with van der Waals surface area (Å²) in [5.41, 5.74) is 1.22. The summed E-state index contributed by atoms with van der Waals surface area (Å²) in [6.07, 6.45) is 1.89. The zero-order valence-electron chi connectivity index (χ0n) is 14.6. The molecule has 0 saturated heterocycles. The Labute approximate surface area is 154 Å². The zero-order chi connectivity index (χ0) is 18.6. The lowest BCUT2D eigenvalue weighted by molar-refractivity contribution is 0.0671. The van der Waals surface area contributed by atoms with Gasteiger partial charge in [0.1, 0.15) is 0 Å². The van der Waals surface area contributed by atoms with Crippen molar-refractivity contribution in [1.29, 1.82) is 0 Å². The van der Waals surface area contributed by atoms with Gasteiger partial charge in [-0.2, -0.15) is 0 Å². The first kappa shape index (κ1) is 19.5. The van der Waals surface area contributed by atoms with Crippen molar-refractivity contribution in [2.45, 2.75) is 37.8 Å². The molecule has 6 heteroatoms. The van der Waals surface area contributed by atoms with Crippen molar-refractivity contribution in [1.82, 2.24) is 4.90 Å². The van der Waals surface area contributed by atoms with Gasteiger partial charge in [-0.15, -0.1) is 0 Å². The molecular weight excluding hydrogens is 358 g/mol. The molecule has 2 aromatic carbocycles. The molecule has 0 heterocycles. The Kier molecular flexibility index (Phi) is 6.25. The second kappa shape index (κ2) is 8.02. The predicted molar refractivity (Wildman–Crippen MR) is 101 cm³/mol. The summed E-state index contributed by atoms with van der Waals surface area (Å²) in [6, 6.07) is 13.9. The molecule has 0 spiro atoms. The SMILES string of the molecule is CCC(C)N(Cc1ccccc1)C(=O)c1cc(S(C)(=O)=O)ccc1Cl. The molecular formula is C19H22ClNO3S. The fourth-order valence-corrected chi connectivity index (χ4v) is 3.33. The minimum absolute atomic E-state index is 0.00865. The van der Waals surface area contributed by atoms with Crippen LogP contribution in [0.5, 0.6) is 0 Å². The van der Waals surface area contributed by atoms with Gasteiger partial charge in [-0.1, -0.05) is 48.9 Å². The van der Waals surface area contributed by atoms with Crippen LogP contribution in [0.3, 0.4) is 0 Å². The van der Waals surface area contributed by atoms with Crippen LogP contribution in [0.1, 0.15) is 36.2 Å². The summed E-state index contributed by atoms with van der Waals surface area (Å²) < 4.78 is 23.6. The van der Waals surface area contributed by atoms with Gasteiger partial charge < -0.3 is 4.90 Å². The van der Waals surface area contributed by atoms with Crippen molar-refractivity contribution >= 4 is 27.3 Å². The molecule has 0 fully saturated rings. The zero-order valence-corrected chi connectivity index (χ0v) is 16.1. The van der Waals surface area contributed by atoms with E-state index in [1.54, 1.807) is 4.90 Å². The summed E-state index contributed by atoms with van der Waals surface area (Å²) in [6.45, 7) is 4.41. The molecule has 4 nitrogen and oxygen atoms in total. The average Bonchev–Trinajstić information content (AvgIpc) is 2.58. The highest BCUT2D eigenvalue weighted by atomic mass is 35.5. The largest absolute Gasteiger partial charge is 0.332 e. The minimum atomic E-state index is -3.42. The maximum Gasteiger partial charge on any atom is 0.255 e. The van der Waals surface area contributed by atoms with Crippen molar-refractivity contribution in [3.05, 3.63) is 64.7 Å².